The molecule has 3 rings (SSSR count). The highest BCUT2D eigenvalue weighted by Gasteiger charge is 2.33. The number of nitrogens with zero attached hydrogens (tertiary/aromatic N) is 2. The molecule has 2 aromatic rings. The molecule has 180 valence electrons. The summed E-state index contributed by atoms with van der Waals surface area (Å²) in [5, 5.41) is 12.5. The molecule has 8 heteroatoms. The maximum Gasteiger partial charge on any atom is 0.237 e. The number of halogens is 1. The minimum Gasteiger partial charge on any atom is -0.491 e. The van der Waals surface area contributed by atoms with Gasteiger partial charge in [-0.15, -0.1) is 17.9 Å². The minimum absolute atomic E-state index is 0.0168. The number of hydrogen-bond donors (Lipinski definition) is 1. The van der Waals surface area contributed by atoms with Gasteiger partial charge in [-0.05, 0) is 61.0 Å². The van der Waals surface area contributed by atoms with Gasteiger partial charge in [0.2, 0.25) is 5.91 Å². The molecule has 1 aliphatic rings. The van der Waals surface area contributed by atoms with Crippen LogP contribution in [0, 0.1) is 5.82 Å². The zero-order valence-corrected chi connectivity index (χ0v) is 20.2. The summed E-state index contributed by atoms with van der Waals surface area (Å²) in [6.07, 6.45) is 3.06. The van der Waals surface area contributed by atoms with E-state index in [-0.39, 0.29) is 30.9 Å². The van der Waals surface area contributed by atoms with Crippen molar-refractivity contribution in [3.05, 3.63) is 64.6 Å². The first-order valence-corrected chi connectivity index (χ1v) is 12.0. The molecule has 2 atom stereocenters. The number of carbonyl (C=O) groups is 1. The van der Waals surface area contributed by atoms with Crippen LogP contribution in [-0.2, 0) is 16.0 Å². The number of rotatable bonds is 12. The largest absolute Gasteiger partial charge is 0.491 e. The Hall–Kier alpha value is -2.26. The highest BCUT2D eigenvalue weighted by Crippen LogP contribution is 2.34. The highest BCUT2D eigenvalue weighted by molar-refractivity contribution is 7.10. The van der Waals surface area contributed by atoms with Crippen LogP contribution in [0.5, 0.6) is 5.75 Å². The van der Waals surface area contributed by atoms with E-state index in [1.54, 1.807) is 37.5 Å². The molecule has 0 spiro atoms. The Labute approximate surface area is 199 Å². The second kappa shape index (κ2) is 11.7. The summed E-state index contributed by atoms with van der Waals surface area (Å²) in [6.45, 7) is 7.97. The van der Waals surface area contributed by atoms with Crippen LogP contribution in [0.1, 0.15) is 29.8 Å². The molecule has 1 N–H and O–H groups in total. The first kappa shape index (κ1) is 25.4. The van der Waals surface area contributed by atoms with Crippen LogP contribution in [0.2, 0.25) is 0 Å². The van der Waals surface area contributed by atoms with Gasteiger partial charge in [0.15, 0.2) is 0 Å². The molecule has 2 heterocycles. The molecule has 0 bridgehead atoms. The van der Waals surface area contributed by atoms with Crippen molar-refractivity contribution in [3.8, 4) is 5.75 Å². The van der Waals surface area contributed by atoms with Gasteiger partial charge >= 0.3 is 0 Å². The molecule has 1 amide bonds. The van der Waals surface area contributed by atoms with Crippen molar-refractivity contribution in [1.82, 2.24) is 9.80 Å². The number of carbonyl (C=O) groups excluding carboxylic acids is 1. The Morgan fingerprint density at radius 3 is 2.85 bits per heavy atom. The maximum atomic E-state index is 13.5. The average Bonchev–Trinajstić information content (AvgIpc) is 3.27. The third kappa shape index (κ3) is 7.11. The number of amides is 1. The molecule has 33 heavy (non-hydrogen) atoms. The van der Waals surface area contributed by atoms with Gasteiger partial charge < -0.3 is 19.5 Å². The first-order valence-electron chi connectivity index (χ1n) is 11.1. The topological polar surface area (TPSA) is 62.2 Å². The van der Waals surface area contributed by atoms with Gasteiger partial charge in [-0.25, -0.2) is 4.39 Å². The number of aliphatic hydroxyl groups is 1. The van der Waals surface area contributed by atoms with Gasteiger partial charge in [0, 0.05) is 38.2 Å². The SMILES string of the molecule is C=CC(C)(O)CN(CCCOC)CC(=O)N1CCc2sccc2C1COc1ccc(F)cc1. The summed E-state index contributed by atoms with van der Waals surface area (Å²) < 4.78 is 24.3. The van der Waals surface area contributed by atoms with E-state index in [0.717, 1.165) is 18.4 Å². The molecule has 0 saturated carbocycles. The van der Waals surface area contributed by atoms with Gasteiger partial charge in [0.25, 0.3) is 0 Å². The van der Waals surface area contributed by atoms with Gasteiger partial charge in [0.1, 0.15) is 18.2 Å². The van der Waals surface area contributed by atoms with Crippen LogP contribution in [0.15, 0.2) is 48.4 Å². The van der Waals surface area contributed by atoms with Crippen LogP contribution in [0.3, 0.4) is 0 Å². The maximum absolute atomic E-state index is 13.5. The minimum atomic E-state index is -1.10. The van der Waals surface area contributed by atoms with Gasteiger partial charge in [-0.3, -0.25) is 9.69 Å². The van der Waals surface area contributed by atoms with Crippen LogP contribution in [0.4, 0.5) is 4.39 Å². The molecule has 0 aliphatic carbocycles. The smallest absolute Gasteiger partial charge is 0.237 e. The number of thiophene rings is 1. The van der Waals surface area contributed by atoms with E-state index < -0.39 is 5.60 Å². The Morgan fingerprint density at radius 1 is 1.39 bits per heavy atom. The monoisotopic (exact) mass is 476 g/mol. The number of fused-ring (bicyclic) bond motifs is 1. The van der Waals surface area contributed by atoms with Crippen molar-refractivity contribution < 1.29 is 23.8 Å². The molecule has 1 aromatic carbocycles. The number of ether oxygens (including phenoxy) is 2. The van der Waals surface area contributed by atoms with Crippen LogP contribution < -0.4 is 4.74 Å². The van der Waals surface area contributed by atoms with Crippen LogP contribution in [-0.4, -0.2) is 72.9 Å². The fourth-order valence-corrected chi connectivity index (χ4v) is 4.95. The fourth-order valence-electron chi connectivity index (χ4n) is 4.03. The van der Waals surface area contributed by atoms with E-state index in [1.165, 1.54) is 23.1 Å². The van der Waals surface area contributed by atoms with E-state index >= 15 is 0 Å². The van der Waals surface area contributed by atoms with Crippen molar-refractivity contribution in [2.24, 2.45) is 0 Å². The van der Waals surface area contributed by atoms with Crippen molar-refractivity contribution in [1.29, 1.82) is 0 Å². The van der Waals surface area contributed by atoms with Gasteiger partial charge in [0.05, 0.1) is 18.2 Å². The summed E-state index contributed by atoms with van der Waals surface area (Å²) in [5.74, 6) is 0.229. The lowest BCUT2D eigenvalue weighted by Crippen LogP contribution is -2.49. The molecule has 2 unspecified atom stereocenters. The standard InChI is InChI=1S/C25H33FN2O4S/c1-4-25(2,30)18-27(12-5-14-31-3)16-24(29)28-13-10-23-21(11-15-33-23)22(28)17-32-20-8-6-19(26)7-9-20/h4,6-9,11,15,22,30H,1,5,10,12-14,16-18H2,2-3H3. The van der Waals surface area contributed by atoms with E-state index in [9.17, 15) is 14.3 Å². The molecule has 0 fully saturated rings. The molecular formula is C25H33FN2O4S. The number of hydrogen-bond acceptors (Lipinski definition) is 6. The first-order chi connectivity index (χ1) is 15.8. The molecule has 1 aromatic heterocycles. The predicted octanol–water partition coefficient (Wildman–Crippen LogP) is 3.67. The third-order valence-corrected chi connectivity index (χ3v) is 6.80. The lowest BCUT2D eigenvalue weighted by molar-refractivity contribution is -0.136. The lowest BCUT2D eigenvalue weighted by atomic mass is 10.00. The fraction of sp³-hybridized carbons (Fsp3) is 0.480. The second-order valence-electron chi connectivity index (χ2n) is 8.54. The van der Waals surface area contributed by atoms with E-state index in [4.69, 9.17) is 9.47 Å². The van der Waals surface area contributed by atoms with Crippen LogP contribution >= 0.6 is 11.3 Å². The van der Waals surface area contributed by atoms with Crippen molar-refractivity contribution in [3.63, 3.8) is 0 Å². The number of methoxy groups -OCH3 is 1. The van der Waals surface area contributed by atoms with E-state index in [0.29, 0.717) is 32.0 Å². The molecule has 0 radical (unpaired) electrons. The van der Waals surface area contributed by atoms with Crippen molar-refractivity contribution in [2.45, 2.75) is 31.4 Å². The Bertz CT molecular complexity index is 915. The van der Waals surface area contributed by atoms with Gasteiger partial charge in [-0.2, -0.15) is 0 Å². The van der Waals surface area contributed by atoms with Crippen molar-refractivity contribution >= 4 is 17.2 Å². The lowest BCUT2D eigenvalue weighted by Gasteiger charge is -2.38. The zero-order chi connectivity index (χ0) is 23.8. The van der Waals surface area contributed by atoms with Crippen LogP contribution in [0.25, 0.3) is 0 Å². The van der Waals surface area contributed by atoms with Crippen molar-refractivity contribution in [2.75, 3.05) is 46.5 Å². The normalized spacial score (nSPS) is 17.5. The van der Waals surface area contributed by atoms with E-state index in [2.05, 4.69) is 12.6 Å². The highest BCUT2D eigenvalue weighted by atomic mass is 32.1. The number of benzene rings is 1. The summed E-state index contributed by atoms with van der Waals surface area (Å²) in [7, 11) is 1.65. The molecule has 0 saturated heterocycles. The summed E-state index contributed by atoms with van der Waals surface area (Å²) in [5.41, 5.74) is 0.00617. The quantitative estimate of drug-likeness (QED) is 0.374. The molecular weight excluding hydrogens is 443 g/mol. The molecule has 6 nitrogen and oxygen atoms in total. The zero-order valence-electron chi connectivity index (χ0n) is 19.3. The third-order valence-electron chi connectivity index (χ3n) is 5.80. The van der Waals surface area contributed by atoms with Gasteiger partial charge in [-0.1, -0.05) is 6.08 Å². The predicted molar refractivity (Wildman–Crippen MR) is 128 cm³/mol. The Balaban J connectivity index is 1.73. The second-order valence-corrected chi connectivity index (χ2v) is 9.54. The Kier molecular flexibility index (Phi) is 9.02. The summed E-state index contributed by atoms with van der Waals surface area (Å²) in [4.78, 5) is 18.5. The summed E-state index contributed by atoms with van der Waals surface area (Å²) in [6, 6.07) is 7.73. The average molecular weight is 477 g/mol. The van der Waals surface area contributed by atoms with E-state index in [1.807, 2.05) is 15.2 Å². The summed E-state index contributed by atoms with van der Waals surface area (Å²) >= 11 is 1.69. The Morgan fingerprint density at radius 2 is 2.15 bits per heavy atom. The molecule has 1 aliphatic heterocycles.